The van der Waals surface area contributed by atoms with Gasteiger partial charge in [-0.2, -0.15) is 5.10 Å². The van der Waals surface area contributed by atoms with E-state index in [1.54, 1.807) is 18.5 Å². The van der Waals surface area contributed by atoms with Crippen LogP contribution in [0.2, 0.25) is 0 Å². The highest BCUT2D eigenvalue weighted by atomic mass is 16.4. The first-order valence-corrected chi connectivity index (χ1v) is 6.25. The van der Waals surface area contributed by atoms with Crippen molar-refractivity contribution in [3.05, 3.63) is 17.0 Å². The second-order valence-electron chi connectivity index (χ2n) is 5.08. The molecule has 6 nitrogen and oxygen atoms in total. The van der Waals surface area contributed by atoms with Crippen molar-refractivity contribution in [3.8, 4) is 0 Å². The fourth-order valence-corrected chi connectivity index (χ4v) is 1.97. The molecule has 0 spiro atoms. The Morgan fingerprint density at radius 3 is 2.32 bits per heavy atom. The van der Waals surface area contributed by atoms with E-state index in [4.69, 9.17) is 5.11 Å². The number of nitrogens with zero attached hydrogens (tertiary/aromatic N) is 2. The third kappa shape index (κ3) is 3.56. The molecule has 1 aromatic rings. The molecule has 0 aliphatic heterocycles. The molecular formula is C13H21N3O3. The number of carboxylic acid groups (broad SMARTS) is 1. The highest BCUT2D eigenvalue weighted by Gasteiger charge is 2.24. The first-order valence-electron chi connectivity index (χ1n) is 6.25. The Labute approximate surface area is 112 Å². The van der Waals surface area contributed by atoms with Gasteiger partial charge in [0.05, 0.1) is 12.1 Å². The van der Waals surface area contributed by atoms with Gasteiger partial charge >= 0.3 is 5.97 Å². The molecule has 1 amide bonds. The molecule has 0 fully saturated rings. The van der Waals surface area contributed by atoms with Gasteiger partial charge in [0.15, 0.2) is 0 Å². The van der Waals surface area contributed by atoms with Gasteiger partial charge in [-0.25, -0.2) is 4.79 Å². The maximum Gasteiger partial charge on any atom is 0.326 e. The van der Waals surface area contributed by atoms with Crippen molar-refractivity contribution < 1.29 is 14.7 Å². The molecule has 0 aromatic carbocycles. The van der Waals surface area contributed by atoms with E-state index in [2.05, 4.69) is 10.4 Å². The number of hydrogen-bond acceptors (Lipinski definition) is 3. The predicted octanol–water partition coefficient (Wildman–Crippen LogP) is 0.805. The van der Waals surface area contributed by atoms with E-state index in [1.807, 2.05) is 20.9 Å². The molecule has 6 heteroatoms. The summed E-state index contributed by atoms with van der Waals surface area (Å²) in [5, 5.41) is 15.8. The van der Waals surface area contributed by atoms with E-state index in [0.717, 1.165) is 17.0 Å². The maximum absolute atomic E-state index is 11.9. The summed E-state index contributed by atoms with van der Waals surface area (Å²) in [6, 6.07) is -0.857. The molecule has 0 bridgehead atoms. The number of rotatable bonds is 5. The lowest BCUT2D eigenvalue weighted by atomic mass is 10.0. The van der Waals surface area contributed by atoms with Crippen molar-refractivity contribution in [1.29, 1.82) is 0 Å². The highest BCUT2D eigenvalue weighted by Crippen LogP contribution is 2.13. The summed E-state index contributed by atoms with van der Waals surface area (Å²) in [7, 11) is 1.82. The van der Waals surface area contributed by atoms with Gasteiger partial charge in [0, 0.05) is 18.3 Å². The average molecular weight is 267 g/mol. The van der Waals surface area contributed by atoms with E-state index in [-0.39, 0.29) is 18.2 Å². The molecule has 1 atom stereocenters. The monoisotopic (exact) mass is 267 g/mol. The first kappa shape index (κ1) is 15.2. The number of hydrogen-bond donors (Lipinski definition) is 2. The average Bonchev–Trinajstić information content (AvgIpc) is 2.52. The molecule has 0 saturated heterocycles. The van der Waals surface area contributed by atoms with Gasteiger partial charge in [0.1, 0.15) is 6.04 Å². The minimum Gasteiger partial charge on any atom is -0.480 e. The molecular weight excluding hydrogens is 246 g/mol. The Hall–Kier alpha value is -1.85. The number of amides is 1. The summed E-state index contributed by atoms with van der Waals surface area (Å²) in [4.78, 5) is 23.0. The third-order valence-electron chi connectivity index (χ3n) is 3.25. The summed E-state index contributed by atoms with van der Waals surface area (Å²) >= 11 is 0. The fourth-order valence-electron chi connectivity index (χ4n) is 1.97. The number of carbonyl (C=O) groups is 2. The minimum atomic E-state index is -1.01. The van der Waals surface area contributed by atoms with Crippen LogP contribution >= 0.6 is 0 Å². The van der Waals surface area contributed by atoms with Gasteiger partial charge < -0.3 is 10.4 Å². The van der Waals surface area contributed by atoms with Crippen LogP contribution in [-0.2, 0) is 23.1 Å². The van der Waals surface area contributed by atoms with Crippen LogP contribution in [0, 0.1) is 19.8 Å². The smallest absolute Gasteiger partial charge is 0.326 e. The van der Waals surface area contributed by atoms with Crippen molar-refractivity contribution >= 4 is 11.9 Å². The summed E-state index contributed by atoms with van der Waals surface area (Å²) in [6.45, 7) is 7.26. The molecule has 0 aliphatic carbocycles. The molecule has 0 saturated carbocycles. The molecule has 1 rings (SSSR count). The van der Waals surface area contributed by atoms with Crippen LogP contribution < -0.4 is 5.32 Å². The van der Waals surface area contributed by atoms with Crippen LogP contribution in [0.5, 0.6) is 0 Å². The number of carboxylic acids is 1. The van der Waals surface area contributed by atoms with Crippen molar-refractivity contribution in [2.24, 2.45) is 13.0 Å². The van der Waals surface area contributed by atoms with Gasteiger partial charge in [-0.3, -0.25) is 9.48 Å². The molecule has 0 radical (unpaired) electrons. The Bertz CT molecular complexity index is 492. The van der Waals surface area contributed by atoms with Crippen molar-refractivity contribution in [2.45, 2.75) is 40.2 Å². The van der Waals surface area contributed by atoms with E-state index < -0.39 is 12.0 Å². The quantitative estimate of drug-likeness (QED) is 0.826. The standard InChI is InChI=1S/C13H21N3O3/c1-7(2)12(13(18)19)14-11(17)6-10-8(3)15-16(5)9(10)4/h7,12H,6H2,1-5H3,(H,14,17)(H,18,19)/t12-/m0/s1. The summed E-state index contributed by atoms with van der Waals surface area (Å²) < 4.78 is 1.72. The van der Waals surface area contributed by atoms with Crippen LogP contribution in [0.3, 0.4) is 0 Å². The second-order valence-corrected chi connectivity index (χ2v) is 5.08. The van der Waals surface area contributed by atoms with Gasteiger partial charge in [0.2, 0.25) is 5.91 Å². The predicted molar refractivity (Wildman–Crippen MR) is 70.8 cm³/mol. The zero-order valence-corrected chi connectivity index (χ0v) is 12.0. The second kappa shape index (κ2) is 5.86. The molecule has 106 valence electrons. The normalized spacial score (nSPS) is 12.5. The number of aryl methyl sites for hydroxylation is 2. The first-order chi connectivity index (χ1) is 8.73. The van der Waals surface area contributed by atoms with E-state index >= 15 is 0 Å². The van der Waals surface area contributed by atoms with Crippen LogP contribution in [0.15, 0.2) is 0 Å². The van der Waals surface area contributed by atoms with Gasteiger partial charge in [-0.05, 0) is 19.8 Å². The lowest BCUT2D eigenvalue weighted by molar-refractivity contribution is -0.143. The molecule has 0 aliphatic rings. The molecule has 0 unspecified atom stereocenters. The Kier molecular flexibility index (Phi) is 4.69. The third-order valence-corrected chi connectivity index (χ3v) is 3.25. The largest absolute Gasteiger partial charge is 0.480 e. The number of carbonyl (C=O) groups excluding carboxylic acids is 1. The van der Waals surface area contributed by atoms with Crippen LogP contribution in [0.1, 0.15) is 30.8 Å². The highest BCUT2D eigenvalue weighted by molar-refractivity contribution is 5.85. The minimum absolute atomic E-state index is 0.155. The van der Waals surface area contributed by atoms with Crippen LogP contribution in [0.4, 0.5) is 0 Å². The fraction of sp³-hybridized carbons (Fsp3) is 0.615. The summed E-state index contributed by atoms with van der Waals surface area (Å²) in [6.07, 6.45) is 0.155. The Morgan fingerprint density at radius 1 is 1.37 bits per heavy atom. The molecule has 2 N–H and O–H groups in total. The van der Waals surface area contributed by atoms with Crippen molar-refractivity contribution in [3.63, 3.8) is 0 Å². The zero-order valence-electron chi connectivity index (χ0n) is 12.0. The van der Waals surface area contributed by atoms with E-state index in [1.165, 1.54) is 0 Å². The molecule has 1 heterocycles. The van der Waals surface area contributed by atoms with Crippen molar-refractivity contribution in [1.82, 2.24) is 15.1 Å². The van der Waals surface area contributed by atoms with Gasteiger partial charge in [0.25, 0.3) is 0 Å². The van der Waals surface area contributed by atoms with Crippen LogP contribution in [0.25, 0.3) is 0 Å². The summed E-state index contributed by atoms with van der Waals surface area (Å²) in [5.74, 6) is -1.46. The lowest BCUT2D eigenvalue weighted by Crippen LogP contribution is -2.45. The topological polar surface area (TPSA) is 84.2 Å². The zero-order chi connectivity index (χ0) is 14.7. The number of aromatic nitrogens is 2. The van der Waals surface area contributed by atoms with Gasteiger partial charge in [-0.15, -0.1) is 0 Å². The van der Waals surface area contributed by atoms with Crippen molar-refractivity contribution in [2.75, 3.05) is 0 Å². The number of nitrogens with one attached hydrogen (secondary N) is 1. The van der Waals surface area contributed by atoms with E-state index in [9.17, 15) is 9.59 Å². The lowest BCUT2D eigenvalue weighted by Gasteiger charge is -2.17. The number of aliphatic carboxylic acids is 1. The molecule has 19 heavy (non-hydrogen) atoms. The molecule has 1 aromatic heterocycles. The van der Waals surface area contributed by atoms with E-state index in [0.29, 0.717) is 0 Å². The van der Waals surface area contributed by atoms with Gasteiger partial charge in [-0.1, -0.05) is 13.8 Å². The Balaban J connectivity index is 2.77. The van der Waals surface area contributed by atoms with Crippen LogP contribution in [-0.4, -0.2) is 32.8 Å². The Morgan fingerprint density at radius 2 is 1.95 bits per heavy atom. The SMILES string of the molecule is Cc1nn(C)c(C)c1CC(=O)N[C@H](C(=O)O)C(C)C. The maximum atomic E-state index is 11.9. The summed E-state index contributed by atoms with van der Waals surface area (Å²) in [5.41, 5.74) is 2.57.